The molecule has 5 nitrogen and oxygen atoms in total. The summed E-state index contributed by atoms with van der Waals surface area (Å²) in [6, 6.07) is 9.90. The lowest BCUT2D eigenvalue weighted by atomic mass is 10.00. The maximum absolute atomic E-state index is 11.7. The second kappa shape index (κ2) is 4.27. The van der Waals surface area contributed by atoms with Gasteiger partial charge in [-0.05, 0) is 5.56 Å². The number of nitrogens with zero attached hydrogens (tertiary/aromatic N) is 1. The van der Waals surface area contributed by atoms with Gasteiger partial charge in [-0.2, -0.15) is 0 Å². The molecule has 0 fully saturated rings. The highest BCUT2D eigenvalue weighted by molar-refractivity contribution is 5.29. The number of rotatable bonds is 1. The number of fused-ring (bicyclic) bond motifs is 1. The van der Waals surface area contributed by atoms with Gasteiger partial charge in [-0.3, -0.25) is 9.78 Å². The van der Waals surface area contributed by atoms with Gasteiger partial charge in [0, 0.05) is 6.42 Å². The van der Waals surface area contributed by atoms with E-state index in [0.29, 0.717) is 12.0 Å². The molecule has 1 aliphatic heterocycles. The molecule has 2 heterocycles. The van der Waals surface area contributed by atoms with Gasteiger partial charge in [0.2, 0.25) is 5.95 Å². The summed E-state index contributed by atoms with van der Waals surface area (Å²) in [5.41, 5.74) is 7.75. The fourth-order valence-corrected chi connectivity index (χ4v) is 2.18. The topological polar surface area (TPSA) is 81.0 Å². The summed E-state index contributed by atoms with van der Waals surface area (Å²) in [7, 11) is 0. The van der Waals surface area contributed by atoms with Gasteiger partial charge < -0.3 is 10.5 Å². The third kappa shape index (κ3) is 1.89. The van der Waals surface area contributed by atoms with E-state index < -0.39 is 0 Å². The van der Waals surface area contributed by atoms with Crippen molar-refractivity contribution >= 4 is 5.95 Å². The molecule has 0 bridgehead atoms. The van der Waals surface area contributed by atoms with E-state index in [4.69, 9.17) is 10.5 Å². The van der Waals surface area contributed by atoms with E-state index in [1.165, 1.54) is 0 Å². The van der Waals surface area contributed by atoms with Gasteiger partial charge in [-0.25, -0.2) is 4.98 Å². The largest absolute Gasteiger partial charge is 0.369 e. The number of ether oxygens (including phenoxy) is 1. The van der Waals surface area contributed by atoms with Crippen molar-refractivity contribution in [2.24, 2.45) is 0 Å². The summed E-state index contributed by atoms with van der Waals surface area (Å²) in [5.74, 6) is 0.160. The van der Waals surface area contributed by atoms with Crippen molar-refractivity contribution < 1.29 is 4.74 Å². The number of nitrogen functional groups attached to an aromatic ring is 1. The minimum atomic E-state index is -0.205. The van der Waals surface area contributed by atoms with Crippen molar-refractivity contribution in [1.29, 1.82) is 0 Å². The van der Waals surface area contributed by atoms with Crippen LogP contribution in [0.2, 0.25) is 0 Å². The standard InChI is InChI=1S/C13H13N3O2/c14-13-15-10-6-11(8-4-2-1-3-5-8)18-7-9(10)12(17)16-13/h1-5,11H,6-7H2,(H3,14,15,16,17). The van der Waals surface area contributed by atoms with Crippen LogP contribution in [0.3, 0.4) is 0 Å². The first-order valence-electron chi connectivity index (χ1n) is 5.78. The number of hydrogen-bond acceptors (Lipinski definition) is 4. The Labute approximate surface area is 104 Å². The number of aromatic amines is 1. The minimum Gasteiger partial charge on any atom is -0.369 e. The lowest BCUT2D eigenvalue weighted by Gasteiger charge is -2.24. The summed E-state index contributed by atoms with van der Waals surface area (Å²) < 4.78 is 5.71. The highest BCUT2D eigenvalue weighted by Crippen LogP contribution is 2.27. The third-order valence-electron chi connectivity index (χ3n) is 3.10. The van der Waals surface area contributed by atoms with Crippen LogP contribution in [-0.2, 0) is 17.8 Å². The SMILES string of the molecule is Nc1nc2c(c(=O)[nH]1)COC(c1ccccc1)C2. The van der Waals surface area contributed by atoms with Crippen LogP contribution in [0.1, 0.15) is 22.9 Å². The van der Waals surface area contributed by atoms with E-state index in [-0.39, 0.29) is 24.2 Å². The molecule has 3 rings (SSSR count). The van der Waals surface area contributed by atoms with Gasteiger partial charge in [0.25, 0.3) is 5.56 Å². The van der Waals surface area contributed by atoms with E-state index in [2.05, 4.69) is 9.97 Å². The molecule has 1 atom stereocenters. The first kappa shape index (κ1) is 11.0. The Bertz CT molecular complexity index is 622. The van der Waals surface area contributed by atoms with Crippen molar-refractivity contribution in [3.05, 3.63) is 57.5 Å². The van der Waals surface area contributed by atoms with Crippen LogP contribution in [0.15, 0.2) is 35.1 Å². The smallest absolute Gasteiger partial charge is 0.258 e. The molecule has 1 aromatic carbocycles. The second-order valence-electron chi connectivity index (χ2n) is 4.29. The molecule has 1 aliphatic rings. The van der Waals surface area contributed by atoms with E-state index in [1.807, 2.05) is 30.3 Å². The number of hydrogen-bond donors (Lipinski definition) is 2. The molecule has 2 aromatic rings. The average molecular weight is 243 g/mol. The third-order valence-corrected chi connectivity index (χ3v) is 3.10. The van der Waals surface area contributed by atoms with Crippen molar-refractivity contribution in [3.63, 3.8) is 0 Å². The zero-order valence-electron chi connectivity index (χ0n) is 9.72. The number of anilines is 1. The number of aromatic nitrogens is 2. The molecule has 5 heteroatoms. The van der Waals surface area contributed by atoms with E-state index in [9.17, 15) is 4.79 Å². The van der Waals surface area contributed by atoms with Gasteiger partial charge in [0.15, 0.2) is 0 Å². The molecule has 0 spiro atoms. The van der Waals surface area contributed by atoms with Crippen LogP contribution < -0.4 is 11.3 Å². The first-order valence-corrected chi connectivity index (χ1v) is 5.78. The van der Waals surface area contributed by atoms with Crippen molar-refractivity contribution in [3.8, 4) is 0 Å². The fraction of sp³-hybridized carbons (Fsp3) is 0.231. The molecule has 3 N–H and O–H groups in total. The highest BCUT2D eigenvalue weighted by Gasteiger charge is 2.24. The molecule has 92 valence electrons. The molecule has 18 heavy (non-hydrogen) atoms. The fourth-order valence-electron chi connectivity index (χ4n) is 2.18. The molecular formula is C13H13N3O2. The van der Waals surface area contributed by atoms with Gasteiger partial charge in [0.1, 0.15) is 0 Å². The summed E-state index contributed by atoms with van der Waals surface area (Å²) in [5, 5.41) is 0. The Kier molecular flexibility index (Phi) is 2.60. The lowest BCUT2D eigenvalue weighted by Crippen LogP contribution is -2.26. The number of benzene rings is 1. The van der Waals surface area contributed by atoms with E-state index in [0.717, 1.165) is 11.3 Å². The van der Waals surface area contributed by atoms with Gasteiger partial charge in [-0.1, -0.05) is 30.3 Å². The van der Waals surface area contributed by atoms with Gasteiger partial charge in [0.05, 0.1) is 24.0 Å². The highest BCUT2D eigenvalue weighted by atomic mass is 16.5. The normalized spacial score (nSPS) is 18.3. The minimum absolute atomic E-state index is 0.0626. The maximum atomic E-state index is 11.7. The monoisotopic (exact) mass is 243 g/mol. The van der Waals surface area contributed by atoms with Crippen LogP contribution in [0, 0.1) is 0 Å². The second-order valence-corrected chi connectivity index (χ2v) is 4.29. The van der Waals surface area contributed by atoms with Crippen molar-refractivity contribution in [2.45, 2.75) is 19.1 Å². The molecule has 0 saturated carbocycles. The number of H-pyrrole nitrogens is 1. The number of nitrogens with two attached hydrogens (primary N) is 1. The van der Waals surface area contributed by atoms with Crippen molar-refractivity contribution in [1.82, 2.24) is 9.97 Å². The predicted molar refractivity (Wildman–Crippen MR) is 66.9 cm³/mol. The maximum Gasteiger partial charge on any atom is 0.258 e. The lowest BCUT2D eigenvalue weighted by molar-refractivity contribution is 0.0252. The molecular weight excluding hydrogens is 230 g/mol. The zero-order chi connectivity index (χ0) is 12.5. The number of nitrogens with one attached hydrogen (secondary N) is 1. The Morgan fingerprint density at radius 2 is 2.11 bits per heavy atom. The molecule has 1 unspecified atom stereocenters. The van der Waals surface area contributed by atoms with E-state index in [1.54, 1.807) is 0 Å². The Morgan fingerprint density at radius 3 is 2.89 bits per heavy atom. The Hall–Kier alpha value is -2.14. The first-order chi connectivity index (χ1) is 8.74. The quantitative estimate of drug-likeness (QED) is 0.787. The van der Waals surface area contributed by atoms with Crippen LogP contribution in [0.5, 0.6) is 0 Å². The van der Waals surface area contributed by atoms with Gasteiger partial charge >= 0.3 is 0 Å². The summed E-state index contributed by atoms with van der Waals surface area (Å²) >= 11 is 0. The molecule has 1 aromatic heterocycles. The zero-order valence-corrected chi connectivity index (χ0v) is 9.72. The molecule has 0 radical (unpaired) electrons. The average Bonchev–Trinajstić information content (AvgIpc) is 2.39. The van der Waals surface area contributed by atoms with Crippen LogP contribution in [0.4, 0.5) is 5.95 Å². The summed E-state index contributed by atoms with van der Waals surface area (Å²) in [6.07, 6.45) is 0.514. The molecule has 0 saturated heterocycles. The summed E-state index contributed by atoms with van der Waals surface area (Å²) in [6.45, 7) is 0.275. The predicted octanol–water partition coefficient (Wildman–Crippen LogP) is 1.17. The molecule has 0 aliphatic carbocycles. The summed E-state index contributed by atoms with van der Waals surface area (Å²) in [4.78, 5) is 18.3. The van der Waals surface area contributed by atoms with Crippen molar-refractivity contribution in [2.75, 3.05) is 5.73 Å². The van der Waals surface area contributed by atoms with Crippen LogP contribution >= 0.6 is 0 Å². The van der Waals surface area contributed by atoms with Crippen LogP contribution in [0.25, 0.3) is 0 Å². The Balaban J connectivity index is 1.96. The Morgan fingerprint density at radius 1 is 1.33 bits per heavy atom. The van der Waals surface area contributed by atoms with Gasteiger partial charge in [-0.15, -0.1) is 0 Å². The van der Waals surface area contributed by atoms with E-state index >= 15 is 0 Å². The van der Waals surface area contributed by atoms with Crippen LogP contribution in [-0.4, -0.2) is 9.97 Å². The molecule has 0 amide bonds.